The van der Waals surface area contributed by atoms with Crippen molar-refractivity contribution in [3.8, 4) is 5.75 Å². The van der Waals surface area contributed by atoms with Gasteiger partial charge in [0.25, 0.3) is 0 Å². The number of carbonyl (C=O) groups excluding carboxylic acids is 1. The van der Waals surface area contributed by atoms with Crippen LogP contribution in [-0.2, 0) is 0 Å². The largest absolute Gasteiger partial charge is 0.425 e. The molecule has 1 rings (SSSR count). The number of aromatic nitrogens is 1. The first-order valence-electron chi connectivity index (χ1n) is 2.57. The van der Waals surface area contributed by atoms with E-state index < -0.39 is 0 Å². The summed E-state index contributed by atoms with van der Waals surface area (Å²) >= 11 is 1.70. The summed E-state index contributed by atoms with van der Waals surface area (Å²) in [4.78, 5) is 14.0. The first-order valence-corrected chi connectivity index (χ1v) is 3.45. The molecule has 0 aromatic carbocycles. The van der Waals surface area contributed by atoms with Gasteiger partial charge in [0.2, 0.25) is 0 Å². The lowest BCUT2D eigenvalue weighted by atomic mass is 10.3. The molecule has 0 aliphatic carbocycles. The molecule has 52 valence electrons. The van der Waals surface area contributed by atoms with Crippen LogP contribution in [0.25, 0.3) is 0 Å². The maximum Gasteiger partial charge on any atom is 0.192 e. The topological polar surface area (TPSA) is 39.2 Å². The molecule has 0 saturated heterocycles. The molecular formula is C6H4INO2. The van der Waals surface area contributed by atoms with Gasteiger partial charge < -0.3 is 3.07 Å². The summed E-state index contributed by atoms with van der Waals surface area (Å²) in [6.45, 7) is 0. The van der Waals surface area contributed by atoms with E-state index in [2.05, 4.69) is 4.98 Å². The molecule has 0 atom stereocenters. The Bertz CT molecular complexity index is 239. The first kappa shape index (κ1) is 7.46. The third-order valence-electron chi connectivity index (χ3n) is 0.994. The van der Waals surface area contributed by atoms with Crippen LogP contribution in [0.5, 0.6) is 5.75 Å². The molecule has 1 heterocycles. The highest BCUT2D eigenvalue weighted by atomic mass is 127. The second kappa shape index (κ2) is 3.50. The number of halogens is 1. The minimum Gasteiger partial charge on any atom is -0.425 e. The van der Waals surface area contributed by atoms with Gasteiger partial charge in [-0.2, -0.15) is 0 Å². The van der Waals surface area contributed by atoms with Gasteiger partial charge in [-0.05, 0) is 12.1 Å². The molecule has 0 unspecified atom stereocenters. The van der Waals surface area contributed by atoms with Crippen molar-refractivity contribution in [2.45, 2.75) is 0 Å². The quantitative estimate of drug-likeness (QED) is 0.590. The lowest BCUT2D eigenvalue weighted by molar-refractivity contribution is 0.111. The van der Waals surface area contributed by atoms with Crippen molar-refractivity contribution in [2.75, 3.05) is 0 Å². The van der Waals surface area contributed by atoms with Crippen LogP contribution in [0, 0.1) is 0 Å². The molecule has 0 fully saturated rings. The van der Waals surface area contributed by atoms with Crippen molar-refractivity contribution < 1.29 is 7.86 Å². The van der Waals surface area contributed by atoms with Gasteiger partial charge in [-0.3, -0.25) is 4.79 Å². The average Bonchev–Trinajstić information content (AvgIpc) is 2.04. The highest BCUT2D eigenvalue weighted by molar-refractivity contribution is 14.1. The summed E-state index contributed by atoms with van der Waals surface area (Å²) in [6, 6.07) is 3.39. The molecule has 0 spiro atoms. The van der Waals surface area contributed by atoms with Gasteiger partial charge in [-0.1, -0.05) is 0 Å². The number of pyridine rings is 1. The van der Waals surface area contributed by atoms with Gasteiger partial charge in [0.15, 0.2) is 35.0 Å². The SMILES string of the molecule is O=Cc1ncccc1OI. The molecule has 4 heteroatoms. The number of hydrogen-bond donors (Lipinski definition) is 0. The zero-order valence-electron chi connectivity index (χ0n) is 4.95. The van der Waals surface area contributed by atoms with E-state index in [9.17, 15) is 4.79 Å². The van der Waals surface area contributed by atoms with Crippen molar-refractivity contribution in [3.05, 3.63) is 24.0 Å². The molecule has 1 aromatic heterocycles. The van der Waals surface area contributed by atoms with Gasteiger partial charge in [0.1, 0.15) is 5.69 Å². The lowest BCUT2D eigenvalue weighted by Gasteiger charge is -1.96. The Morgan fingerprint density at radius 1 is 1.70 bits per heavy atom. The summed E-state index contributed by atoms with van der Waals surface area (Å²) in [7, 11) is 0. The van der Waals surface area contributed by atoms with Crippen LogP contribution in [0.2, 0.25) is 0 Å². The minimum absolute atomic E-state index is 0.330. The van der Waals surface area contributed by atoms with Gasteiger partial charge in [-0.15, -0.1) is 0 Å². The summed E-state index contributed by atoms with van der Waals surface area (Å²) < 4.78 is 4.81. The Kier molecular flexibility index (Phi) is 2.61. The highest BCUT2D eigenvalue weighted by Crippen LogP contribution is 2.14. The van der Waals surface area contributed by atoms with Crippen LogP contribution in [0.15, 0.2) is 18.3 Å². The Morgan fingerprint density at radius 2 is 2.50 bits per heavy atom. The standard InChI is InChI=1S/C6H4INO2/c7-10-6-2-1-3-8-5(6)4-9/h1-4H. The number of nitrogens with zero attached hydrogens (tertiary/aromatic N) is 1. The molecule has 10 heavy (non-hydrogen) atoms. The fourth-order valence-electron chi connectivity index (χ4n) is 0.557. The third kappa shape index (κ3) is 1.44. The van der Waals surface area contributed by atoms with Crippen molar-refractivity contribution in [3.63, 3.8) is 0 Å². The van der Waals surface area contributed by atoms with Crippen molar-refractivity contribution in [1.29, 1.82) is 0 Å². The van der Waals surface area contributed by atoms with Gasteiger partial charge >= 0.3 is 0 Å². The van der Waals surface area contributed by atoms with E-state index in [-0.39, 0.29) is 0 Å². The molecule has 0 amide bonds. The average molecular weight is 249 g/mol. The Labute approximate surface area is 72.1 Å². The predicted octanol–water partition coefficient (Wildman–Crippen LogP) is 1.62. The molecule has 0 saturated carbocycles. The van der Waals surface area contributed by atoms with E-state index in [0.29, 0.717) is 17.7 Å². The minimum atomic E-state index is 0.330. The zero-order valence-corrected chi connectivity index (χ0v) is 7.11. The van der Waals surface area contributed by atoms with E-state index in [1.54, 1.807) is 41.3 Å². The molecule has 1 aromatic rings. The van der Waals surface area contributed by atoms with Crippen LogP contribution in [0.1, 0.15) is 10.5 Å². The summed E-state index contributed by atoms with van der Waals surface area (Å²) in [6.07, 6.45) is 2.21. The van der Waals surface area contributed by atoms with Crippen molar-refractivity contribution in [2.24, 2.45) is 0 Å². The van der Waals surface area contributed by atoms with Gasteiger partial charge in [-0.25, -0.2) is 4.98 Å². The Morgan fingerprint density at radius 3 is 3.00 bits per heavy atom. The molecule has 0 aliphatic heterocycles. The van der Waals surface area contributed by atoms with E-state index >= 15 is 0 Å². The lowest BCUT2D eigenvalue weighted by Crippen LogP contribution is -1.88. The predicted molar refractivity (Wildman–Crippen MR) is 44.3 cm³/mol. The van der Waals surface area contributed by atoms with Crippen LogP contribution >= 0.6 is 23.0 Å². The van der Waals surface area contributed by atoms with E-state index in [1.807, 2.05) is 0 Å². The van der Waals surface area contributed by atoms with Crippen LogP contribution in [0.4, 0.5) is 0 Å². The molecule has 3 nitrogen and oxygen atoms in total. The number of hydrogen-bond acceptors (Lipinski definition) is 3. The first-order chi connectivity index (χ1) is 4.88. The smallest absolute Gasteiger partial charge is 0.192 e. The van der Waals surface area contributed by atoms with Crippen molar-refractivity contribution in [1.82, 2.24) is 4.98 Å². The van der Waals surface area contributed by atoms with Crippen molar-refractivity contribution >= 4 is 29.3 Å². The third-order valence-corrected chi connectivity index (χ3v) is 1.47. The van der Waals surface area contributed by atoms with Gasteiger partial charge in [0, 0.05) is 6.20 Å². The van der Waals surface area contributed by atoms with Gasteiger partial charge in [0.05, 0.1) is 0 Å². The van der Waals surface area contributed by atoms with Crippen LogP contribution in [0.3, 0.4) is 0 Å². The summed E-state index contributed by atoms with van der Waals surface area (Å²) in [5.41, 5.74) is 0.330. The van der Waals surface area contributed by atoms with E-state index in [1.165, 1.54) is 0 Å². The Balaban J connectivity index is 3.08. The second-order valence-electron chi connectivity index (χ2n) is 1.58. The molecular weight excluding hydrogens is 245 g/mol. The second-order valence-corrected chi connectivity index (χ2v) is 2.02. The summed E-state index contributed by atoms with van der Waals surface area (Å²) in [5, 5.41) is 0. The maximum absolute atomic E-state index is 10.2. The normalized spacial score (nSPS) is 8.90. The molecule has 0 bridgehead atoms. The molecule has 0 aliphatic rings. The van der Waals surface area contributed by atoms with E-state index in [0.717, 1.165) is 0 Å². The monoisotopic (exact) mass is 249 g/mol. The highest BCUT2D eigenvalue weighted by Gasteiger charge is 1.99. The maximum atomic E-state index is 10.2. The van der Waals surface area contributed by atoms with Crippen LogP contribution in [-0.4, -0.2) is 11.3 Å². The number of carbonyl (C=O) groups is 1. The van der Waals surface area contributed by atoms with E-state index in [4.69, 9.17) is 3.07 Å². The number of rotatable bonds is 2. The fraction of sp³-hybridized carbons (Fsp3) is 0. The summed E-state index contributed by atoms with van der Waals surface area (Å²) in [5.74, 6) is 0.498. The molecule has 0 radical (unpaired) electrons. The Hall–Kier alpha value is -0.650. The zero-order chi connectivity index (χ0) is 7.40. The fourth-order valence-corrected chi connectivity index (χ4v) is 0.929. The van der Waals surface area contributed by atoms with Crippen LogP contribution < -0.4 is 3.07 Å². The number of aldehydes is 1. The molecule has 0 N–H and O–H groups in total.